The molecule has 0 aliphatic carbocycles. The minimum atomic E-state index is -1.12. The molecule has 1 amide bonds. The number of esters is 1. The number of hydrogen-bond acceptors (Lipinski definition) is 4. The van der Waals surface area contributed by atoms with E-state index in [1.54, 1.807) is 19.1 Å². The molecule has 0 bridgehead atoms. The summed E-state index contributed by atoms with van der Waals surface area (Å²) < 4.78 is 5.38. The van der Waals surface area contributed by atoms with Crippen molar-refractivity contribution in [3.05, 3.63) is 35.4 Å². The molecule has 1 heterocycles. The van der Waals surface area contributed by atoms with E-state index in [4.69, 9.17) is 4.74 Å². The second-order valence-electron chi connectivity index (χ2n) is 5.87. The lowest BCUT2D eigenvalue weighted by Gasteiger charge is -2.33. The third-order valence-corrected chi connectivity index (χ3v) is 3.63. The summed E-state index contributed by atoms with van der Waals surface area (Å²) >= 11 is 0. The lowest BCUT2D eigenvalue weighted by atomic mass is 9.89. The Morgan fingerprint density at radius 1 is 1.38 bits per heavy atom. The lowest BCUT2D eigenvalue weighted by molar-refractivity contribution is -0.139. The summed E-state index contributed by atoms with van der Waals surface area (Å²) in [6.45, 7) is 3.15. The summed E-state index contributed by atoms with van der Waals surface area (Å²) in [6.07, 6.45) is 1.27. The molecular formula is C16H22N2O3. The van der Waals surface area contributed by atoms with Gasteiger partial charge in [-0.1, -0.05) is 18.2 Å². The topological polar surface area (TPSA) is 58.6 Å². The Morgan fingerprint density at radius 2 is 2.10 bits per heavy atom. The molecule has 114 valence electrons. The fraction of sp³-hybridized carbons (Fsp3) is 0.500. The van der Waals surface area contributed by atoms with Crippen molar-refractivity contribution in [1.82, 2.24) is 10.2 Å². The van der Waals surface area contributed by atoms with E-state index < -0.39 is 11.6 Å². The highest BCUT2D eigenvalue weighted by molar-refractivity contribution is 5.97. The van der Waals surface area contributed by atoms with E-state index >= 15 is 0 Å². The third kappa shape index (κ3) is 3.61. The number of fused-ring (bicyclic) bond motifs is 1. The largest absolute Gasteiger partial charge is 0.445 e. The van der Waals surface area contributed by atoms with Crippen molar-refractivity contribution in [2.45, 2.75) is 25.4 Å². The Kier molecular flexibility index (Phi) is 4.63. The maximum Gasteiger partial charge on any atom is 0.339 e. The number of carbonyl (C=O) groups excluding carboxylic acids is 2. The van der Waals surface area contributed by atoms with Gasteiger partial charge in [-0.3, -0.25) is 4.79 Å². The smallest absolute Gasteiger partial charge is 0.339 e. The molecule has 0 radical (unpaired) electrons. The summed E-state index contributed by atoms with van der Waals surface area (Å²) in [5.41, 5.74) is 0.291. The normalized spacial score (nSPS) is 20.9. The molecule has 1 aliphatic heterocycles. The van der Waals surface area contributed by atoms with Gasteiger partial charge in [-0.15, -0.1) is 0 Å². The van der Waals surface area contributed by atoms with Crippen LogP contribution in [0.5, 0.6) is 0 Å². The van der Waals surface area contributed by atoms with Crippen molar-refractivity contribution in [3.8, 4) is 0 Å². The van der Waals surface area contributed by atoms with Crippen molar-refractivity contribution in [2.24, 2.45) is 0 Å². The van der Waals surface area contributed by atoms with Gasteiger partial charge in [0, 0.05) is 13.0 Å². The second kappa shape index (κ2) is 6.26. The van der Waals surface area contributed by atoms with Gasteiger partial charge in [-0.05, 0) is 45.6 Å². The predicted octanol–water partition coefficient (Wildman–Crippen LogP) is 1.23. The molecule has 1 aromatic rings. The number of nitrogens with zero attached hydrogens (tertiary/aromatic N) is 1. The van der Waals surface area contributed by atoms with Crippen LogP contribution in [0.4, 0.5) is 0 Å². The maximum absolute atomic E-state index is 12.3. The highest BCUT2D eigenvalue weighted by Crippen LogP contribution is 2.28. The molecule has 0 saturated carbocycles. The number of benzene rings is 1. The van der Waals surface area contributed by atoms with Gasteiger partial charge in [-0.2, -0.15) is 0 Å². The van der Waals surface area contributed by atoms with Crippen LogP contribution in [0.15, 0.2) is 24.3 Å². The van der Waals surface area contributed by atoms with Crippen molar-refractivity contribution in [2.75, 3.05) is 27.2 Å². The van der Waals surface area contributed by atoms with Gasteiger partial charge < -0.3 is 15.0 Å². The van der Waals surface area contributed by atoms with Crippen molar-refractivity contribution in [1.29, 1.82) is 0 Å². The maximum atomic E-state index is 12.3. The van der Waals surface area contributed by atoms with Crippen LogP contribution in [0.25, 0.3) is 0 Å². The Morgan fingerprint density at radius 3 is 2.81 bits per heavy atom. The monoisotopic (exact) mass is 290 g/mol. The number of carbonyl (C=O) groups is 2. The predicted molar refractivity (Wildman–Crippen MR) is 80.1 cm³/mol. The molecular weight excluding hydrogens is 268 g/mol. The average Bonchev–Trinajstić information content (AvgIpc) is 2.43. The highest BCUT2D eigenvalue weighted by atomic mass is 16.6. The zero-order chi connectivity index (χ0) is 15.5. The number of rotatable bonds is 5. The zero-order valence-corrected chi connectivity index (χ0v) is 12.8. The van der Waals surface area contributed by atoms with E-state index in [0.29, 0.717) is 18.5 Å². The number of ether oxygens (including phenoxy) is 1. The lowest BCUT2D eigenvalue weighted by Crippen LogP contribution is -2.52. The summed E-state index contributed by atoms with van der Waals surface area (Å²) in [6, 6.07) is 7.26. The third-order valence-electron chi connectivity index (χ3n) is 3.63. The number of amides is 1. The minimum Gasteiger partial charge on any atom is -0.445 e. The Labute approximate surface area is 125 Å². The van der Waals surface area contributed by atoms with E-state index in [1.165, 1.54) is 0 Å². The summed E-state index contributed by atoms with van der Waals surface area (Å²) in [5, 5.41) is 2.86. The molecule has 1 N–H and O–H groups in total. The van der Waals surface area contributed by atoms with Gasteiger partial charge in [0.25, 0.3) is 5.91 Å². The van der Waals surface area contributed by atoms with Crippen molar-refractivity contribution < 1.29 is 14.3 Å². The van der Waals surface area contributed by atoms with E-state index in [1.807, 2.05) is 26.2 Å². The van der Waals surface area contributed by atoms with Crippen LogP contribution >= 0.6 is 0 Å². The molecule has 1 unspecified atom stereocenters. The fourth-order valence-corrected chi connectivity index (χ4v) is 2.44. The molecule has 1 atom stereocenters. The van der Waals surface area contributed by atoms with Gasteiger partial charge in [0.1, 0.15) is 0 Å². The molecule has 0 aromatic heterocycles. The van der Waals surface area contributed by atoms with Gasteiger partial charge in [-0.25, -0.2) is 4.79 Å². The molecule has 21 heavy (non-hydrogen) atoms. The molecule has 5 nitrogen and oxygen atoms in total. The van der Waals surface area contributed by atoms with Crippen LogP contribution in [0.2, 0.25) is 0 Å². The molecule has 0 spiro atoms. The number of cyclic esters (lactones) is 1. The molecule has 0 fully saturated rings. The molecule has 1 aromatic carbocycles. The second-order valence-corrected chi connectivity index (χ2v) is 5.87. The van der Waals surface area contributed by atoms with Crippen molar-refractivity contribution >= 4 is 11.9 Å². The molecule has 1 aliphatic rings. The Bertz CT molecular complexity index is 542. The van der Waals surface area contributed by atoms with Crippen LogP contribution in [-0.4, -0.2) is 49.6 Å². The van der Waals surface area contributed by atoms with E-state index in [2.05, 4.69) is 10.2 Å². The van der Waals surface area contributed by atoms with Gasteiger partial charge in [0.2, 0.25) is 0 Å². The Balaban J connectivity index is 2.00. The first-order valence-corrected chi connectivity index (χ1v) is 7.17. The number of hydrogen-bond donors (Lipinski definition) is 1. The first-order valence-electron chi connectivity index (χ1n) is 7.17. The van der Waals surface area contributed by atoms with Gasteiger partial charge in [0.15, 0.2) is 5.60 Å². The minimum absolute atomic E-state index is 0.232. The number of nitrogens with one attached hydrogen (secondary N) is 1. The quantitative estimate of drug-likeness (QED) is 0.654. The molecule has 2 rings (SSSR count). The van der Waals surface area contributed by atoms with Crippen LogP contribution < -0.4 is 5.32 Å². The van der Waals surface area contributed by atoms with E-state index in [0.717, 1.165) is 18.5 Å². The summed E-state index contributed by atoms with van der Waals surface area (Å²) in [5.74, 6) is -0.660. The standard InChI is InChI=1S/C16H22N2O3/c1-16(15(20)17-9-6-10-18(2)3)11-12-7-4-5-8-13(12)14(19)21-16/h4-5,7-8H,6,9-11H2,1-3H3,(H,17,20). The zero-order valence-electron chi connectivity index (χ0n) is 12.8. The van der Waals surface area contributed by atoms with E-state index in [-0.39, 0.29) is 5.91 Å². The average molecular weight is 290 g/mol. The van der Waals surface area contributed by atoms with Crippen LogP contribution in [0.1, 0.15) is 29.3 Å². The van der Waals surface area contributed by atoms with Crippen LogP contribution in [0, 0.1) is 0 Å². The first-order chi connectivity index (χ1) is 9.92. The molecule has 0 saturated heterocycles. The Hall–Kier alpha value is -1.88. The molecule has 5 heteroatoms. The van der Waals surface area contributed by atoms with Gasteiger partial charge in [0.05, 0.1) is 5.56 Å². The van der Waals surface area contributed by atoms with Crippen LogP contribution in [0.3, 0.4) is 0 Å². The van der Waals surface area contributed by atoms with Crippen molar-refractivity contribution in [3.63, 3.8) is 0 Å². The fourth-order valence-electron chi connectivity index (χ4n) is 2.44. The summed E-state index contributed by atoms with van der Waals surface area (Å²) in [4.78, 5) is 26.4. The van der Waals surface area contributed by atoms with Crippen LogP contribution in [-0.2, 0) is 16.0 Å². The summed E-state index contributed by atoms with van der Waals surface area (Å²) in [7, 11) is 3.98. The van der Waals surface area contributed by atoms with Gasteiger partial charge >= 0.3 is 5.97 Å². The highest BCUT2D eigenvalue weighted by Gasteiger charge is 2.42. The first kappa shape index (κ1) is 15.5. The van der Waals surface area contributed by atoms with E-state index in [9.17, 15) is 9.59 Å². The SMILES string of the molecule is CN(C)CCCNC(=O)C1(C)Cc2ccccc2C(=O)O1.